The highest BCUT2D eigenvalue weighted by atomic mass is 35.5. The first-order valence-electron chi connectivity index (χ1n) is 7.29. The fourth-order valence-corrected chi connectivity index (χ4v) is 2.15. The van der Waals surface area contributed by atoms with Gasteiger partial charge in [-0.1, -0.05) is 11.6 Å². The van der Waals surface area contributed by atoms with Crippen LogP contribution in [0.1, 0.15) is 26.3 Å². The topological polar surface area (TPSA) is 58.6 Å². The second-order valence-electron chi connectivity index (χ2n) is 5.33. The van der Waals surface area contributed by atoms with Gasteiger partial charge in [-0.15, -0.1) is 0 Å². The zero-order valence-electron chi connectivity index (χ0n) is 13.5. The van der Waals surface area contributed by atoms with Crippen LogP contribution in [0.5, 0.6) is 5.75 Å². The Morgan fingerprint density at radius 3 is 2.59 bits per heavy atom. The molecule has 0 unspecified atom stereocenters. The quantitative estimate of drug-likeness (QED) is 0.837. The van der Waals surface area contributed by atoms with Gasteiger partial charge in [0.1, 0.15) is 5.75 Å². The van der Waals surface area contributed by atoms with Crippen LogP contribution in [0.3, 0.4) is 0 Å². The van der Waals surface area contributed by atoms with E-state index in [1.807, 2.05) is 27.7 Å². The van der Waals surface area contributed by atoms with Gasteiger partial charge >= 0.3 is 0 Å². The molecule has 1 aromatic rings. The van der Waals surface area contributed by atoms with Crippen molar-refractivity contribution in [3.8, 4) is 5.75 Å². The summed E-state index contributed by atoms with van der Waals surface area (Å²) in [6.45, 7) is 7.83. The van der Waals surface area contributed by atoms with Crippen molar-refractivity contribution in [2.75, 3.05) is 19.7 Å². The van der Waals surface area contributed by atoms with Crippen molar-refractivity contribution in [1.82, 2.24) is 10.2 Å². The Morgan fingerprint density at radius 2 is 2.05 bits per heavy atom. The fourth-order valence-electron chi connectivity index (χ4n) is 1.92. The van der Waals surface area contributed by atoms with Crippen molar-refractivity contribution in [2.24, 2.45) is 0 Å². The predicted octanol–water partition coefficient (Wildman–Crippen LogP) is 2.40. The first kappa shape index (κ1) is 18.3. The number of rotatable bonds is 7. The van der Waals surface area contributed by atoms with E-state index in [0.29, 0.717) is 17.3 Å². The molecule has 0 fully saturated rings. The van der Waals surface area contributed by atoms with Gasteiger partial charge in [0.2, 0.25) is 5.91 Å². The summed E-state index contributed by atoms with van der Waals surface area (Å²) >= 11 is 5.88. The summed E-state index contributed by atoms with van der Waals surface area (Å²) < 4.78 is 5.52. The Kier molecular flexibility index (Phi) is 7.18. The molecule has 0 saturated heterocycles. The van der Waals surface area contributed by atoms with Crippen LogP contribution in [0.25, 0.3) is 0 Å². The number of nitrogens with one attached hydrogen (secondary N) is 1. The fraction of sp³-hybridized carbons (Fsp3) is 0.500. The van der Waals surface area contributed by atoms with E-state index < -0.39 is 0 Å². The van der Waals surface area contributed by atoms with Crippen molar-refractivity contribution in [1.29, 1.82) is 0 Å². The van der Waals surface area contributed by atoms with E-state index in [4.69, 9.17) is 16.3 Å². The SMILES string of the molecule is CCN(CC(=O)NC(C)C)C(=O)COc1ccc(Cl)cc1C. The average molecular weight is 327 g/mol. The summed E-state index contributed by atoms with van der Waals surface area (Å²) in [6.07, 6.45) is 0. The lowest BCUT2D eigenvalue weighted by atomic mass is 10.2. The van der Waals surface area contributed by atoms with E-state index in [0.717, 1.165) is 5.56 Å². The molecule has 1 rings (SSSR count). The number of aryl methyl sites for hydroxylation is 1. The molecule has 0 heterocycles. The number of likely N-dealkylation sites (N-methyl/N-ethyl adjacent to an activating group) is 1. The molecular weight excluding hydrogens is 304 g/mol. The Bertz CT molecular complexity index is 532. The lowest BCUT2D eigenvalue weighted by molar-refractivity contribution is -0.137. The minimum Gasteiger partial charge on any atom is -0.483 e. The zero-order chi connectivity index (χ0) is 16.7. The first-order chi connectivity index (χ1) is 10.3. The molecule has 5 nitrogen and oxygen atoms in total. The highest BCUT2D eigenvalue weighted by Crippen LogP contribution is 2.21. The third-order valence-electron chi connectivity index (χ3n) is 3.01. The van der Waals surface area contributed by atoms with Gasteiger partial charge < -0.3 is 15.0 Å². The third-order valence-corrected chi connectivity index (χ3v) is 3.24. The Hall–Kier alpha value is -1.75. The smallest absolute Gasteiger partial charge is 0.260 e. The monoisotopic (exact) mass is 326 g/mol. The lowest BCUT2D eigenvalue weighted by Gasteiger charge is -2.21. The molecule has 0 aliphatic heterocycles. The number of ether oxygens (including phenoxy) is 1. The van der Waals surface area contributed by atoms with E-state index in [2.05, 4.69) is 5.32 Å². The van der Waals surface area contributed by atoms with E-state index >= 15 is 0 Å². The minimum atomic E-state index is -0.226. The second-order valence-corrected chi connectivity index (χ2v) is 5.77. The number of hydrogen-bond acceptors (Lipinski definition) is 3. The molecule has 1 aromatic carbocycles. The molecule has 22 heavy (non-hydrogen) atoms. The van der Waals surface area contributed by atoms with Crippen LogP contribution in [0.2, 0.25) is 5.02 Å². The minimum absolute atomic E-state index is 0.0382. The summed E-state index contributed by atoms with van der Waals surface area (Å²) in [5, 5.41) is 3.39. The summed E-state index contributed by atoms with van der Waals surface area (Å²) in [6, 6.07) is 5.26. The predicted molar refractivity (Wildman–Crippen MR) is 87.2 cm³/mol. The van der Waals surface area contributed by atoms with Crippen LogP contribution in [-0.2, 0) is 9.59 Å². The van der Waals surface area contributed by atoms with E-state index in [-0.39, 0.29) is 31.0 Å². The summed E-state index contributed by atoms with van der Waals surface area (Å²) in [5.74, 6) is 0.212. The maximum atomic E-state index is 12.1. The normalized spacial score (nSPS) is 10.5. The molecule has 0 aliphatic carbocycles. The molecule has 2 amide bonds. The Balaban J connectivity index is 2.56. The largest absolute Gasteiger partial charge is 0.483 e. The molecule has 0 saturated carbocycles. The third kappa shape index (κ3) is 5.93. The summed E-state index contributed by atoms with van der Waals surface area (Å²) in [5.41, 5.74) is 0.862. The van der Waals surface area contributed by atoms with Gasteiger partial charge in [-0.3, -0.25) is 9.59 Å². The number of nitrogens with zero attached hydrogens (tertiary/aromatic N) is 1. The average Bonchev–Trinajstić information content (AvgIpc) is 2.42. The van der Waals surface area contributed by atoms with Gasteiger partial charge in [-0.05, 0) is 51.5 Å². The first-order valence-corrected chi connectivity index (χ1v) is 7.67. The molecule has 0 aromatic heterocycles. The highest BCUT2D eigenvalue weighted by molar-refractivity contribution is 6.30. The van der Waals surface area contributed by atoms with Crippen LogP contribution < -0.4 is 10.1 Å². The van der Waals surface area contributed by atoms with Crippen molar-refractivity contribution in [2.45, 2.75) is 33.7 Å². The lowest BCUT2D eigenvalue weighted by Crippen LogP contribution is -2.44. The van der Waals surface area contributed by atoms with Gasteiger partial charge in [-0.2, -0.15) is 0 Å². The highest BCUT2D eigenvalue weighted by Gasteiger charge is 2.16. The van der Waals surface area contributed by atoms with Crippen LogP contribution in [0.15, 0.2) is 18.2 Å². The van der Waals surface area contributed by atoms with Gasteiger partial charge in [0, 0.05) is 17.6 Å². The number of carbonyl (C=O) groups is 2. The van der Waals surface area contributed by atoms with E-state index in [9.17, 15) is 9.59 Å². The maximum Gasteiger partial charge on any atom is 0.260 e. The van der Waals surface area contributed by atoms with Crippen molar-refractivity contribution in [3.05, 3.63) is 28.8 Å². The molecule has 6 heteroatoms. The van der Waals surface area contributed by atoms with Gasteiger partial charge in [0.05, 0.1) is 6.54 Å². The van der Waals surface area contributed by atoms with Gasteiger partial charge in [-0.25, -0.2) is 0 Å². The standard InChI is InChI=1S/C16H23ClN2O3/c1-5-19(9-15(20)18-11(2)3)16(21)10-22-14-7-6-13(17)8-12(14)4/h6-8,11H,5,9-10H2,1-4H3,(H,18,20). The Morgan fingerprint density at radius 1 is 1.36 bits per heavy atom. The van der Waals surface area contributed by atoms with E-state index in [1.165, 1.54) is 4.90 Å². The molecule has 0 radical (unpaired) electrons. The molecule has 122 valence electrons. The van der Waals surface area contributed by atoms with Crippen LogP contribution in [0.4, 0.5) is 0 Å². The molecule has 0 atom stereocenters. The molecule has 1 N–H and O–H groups in total. The summed E-state index contributed by atoms with van der Waals surface area (Å²) in [7, 11) is 0. The number of hydrogen-bond donors (Lipinski definition) is 1. The van der Waals surface area contributed by atoms with Crippen molar-refractivity contribution < 1.29 is 14.3 Å². The van der Waals surface area contributed by atoms with Crippen LogP contribution >= 0.6 is 11.6 Å². The number of benzene rings is 1. The molecule has 0 spiro atoms. The number of halogens is 1. The van der Waals surface area contributed by atoms with Gasteiger partial charge in [0.25, 0.3) is 5.91 Å². The second kappa shape index (κ2) is 8.63. The van der Waals surface area contributed by atoms with Gasteiger partial charge in [0.15, 0.2) is 6.61 Å². The molecule has 0 aliphatic rings. The molecular formula is C16H23ClN2O3. The van der Waals surface area contributed by atoms with Crippen LogP contribution in [0, 0.1) is 6.92 Å². The zero-order valence-corrected chi connectivity index (χ0v) is 14.2. The molecule has 0 bridgehead atoms. The number of carbonyl (C=O) groups excluding carboxylic acids is 2. The maximum absolute atomic E-state index is 12.1. The van der Waals surface area contributed by atoms with E-state index in [1.54, 1.807) is 18.2 Å². The Labute approximate surface area is 136 Å². The van der Waals surface area contributed by atoms with Crippen molar-refractivity contribution >= 4 is 23.4 Å². The number of amides is 2. The van der Waals surface area contributed by atoms with Crippen molar-refractivity contribution in [3.63, 3.8) is 0 Å². The van der Waals surface area contributed by atoms with Crippen LogP contribution in [-0.4, -0.2) is 42.5 Å². The summed E-state index contributed by atoms with van der Waals surface area (Å²) in [4.78, 5) is 25.3.